The van der Waals surface area contributed by atoms with E-state index in [9.17, 15) is 13.6 Å². The van der Waals surface area contributed by atoms with Crippen LogP contribution in [0.15, 0.2) is 48.5 Å². The number of nitrogens with two attached hydrogens (primary N) is 1. The Labute approximate surface area is 170 Å². The van der Waals surface area contributed by atoms with E-state index >= 15 is 0 Å². The first kappa shape index (κ1) is 23.7. The Hall–Kier alpha value is -2.38. The Morgan fingerprint density at radius 3 is 2.36 bits per heavy atom. The Bertz CT molecular complexity index is 770. The van der Waals surface area contributed by atoms with Gasteiger partial charge in [-0.3, -0.25) is 4.79 Å². The minimum atomic E-state index is -2.87. The predicted molar refractivity (Wildman–Crippen MR) is 110 cm³/mol. The smallest absolute Gasteiger partial charge is 0.387 e. The van der Waals surface area contributed by atoms with Crippen LogP contribution >= 0.6 is 12.4 Å². The number of halogens is 3. The lowest BCUT2D eigenvalue weighted by Crippen LogP contribution is -2.39. The molecule has 0 unspecified atom stereocenters. The quantitative estimate of drug-likeness (QED) is 0.668. The normalized spacial score (nSPS) is 11.0. The van der Waals surface area contributed by atoms with Gasteiger partial charge in [0.05, 0.1) is 11.3 Å². The number of alkyl halides is 2. The topological polar surface area (TPSA) is 67.6 Å². The van der Waals surface area contributed by atoms with E-state index in [-0.39, 0.29) is 29.5 Å². The Morgan fingerprint density at radius 2 is 1.79 bits per heavy atom. The highest BCUT2D eigenvalue weighted by molar-refractivity contribution is 6.00. The third kappa shape index (κ3) is 6.65. The van der Waals surface area contributed by atoms with Crippen molar-refractivity contribution in [2.75, 3.05) is 25.5 Å². The fourth-order valence-electron chi connectivity index (χ4n) is 2.64. The average Bonchev–Trinajstić information content (AvgIpc) is 2.62. The van der Waals surface area contributed by atoms with Crippen molar-refractivity contribution in [1.29, 1.82) is 0 Å². The largest absolute Gasteiger partial charge is 0.435 e. The number of hydrogen-bond acceptors (Lipinski definition) is 4. The molecule has 0 radical (unpaired) electrons. The van der Waals surface area contributed by atoms with Crippen LogP contribution in [0.4, 0.5) is 20.2 Å². The Morgan fingerprint density at radius 1 is 1.18 bits per heavy atom. The number of anilines is 2. The van der Waals surface area contributed by atoms with Crippen LogP contribution in [-0.2, 0) is 0 Å². The molecule has 0 aliphatic carbocycles. The summed E-state index contributed by atoms with van der Waals surface area (Å²) in [6.45, 7) is 2.14. The fraction of sp³-hybridized carbons (Fsp3) is 0.350. The van der Waals surface area contributed by atoms with Crippen molar-refractivity contribution < 1.29 is 18.3 Å². The van der Waals surface area contributed by atoms with Crippen molar-refractivity contribution in [3.63, 3.8) is 0 Å². The zero-order valence-corrected chi connectivity index (χ0v) is 16.9. The number of nitrogens with zero attached hydrogens (tertiary/aromatic N) is 1. The molecule has 28 heavy (non-hydrogen) atoms. The molecule has 1 amide bonds. The first-order valence-corrected chi connectivity index (χ1v) is 8.58. The number of rotatable bonds is 8. The summed E-state index contributed by atoms with van der Waals surface area (Å²) in [5.41, 5.74) is 7.37. The Kier molecular flexibility index (Phi) is 8.65. The van der Waals surface area contributed by atoms with Crippen LogP contribution in [0.2, 0.25) is 0 Å². The summed E-state index contributed by atoms with van der Waals surface area (Å²) in [4.78, 5) is 14.5. The van der Waals surface area contributed by atoms with Crippen molar-refractivity contribution in [3.8, 4) is 5.75 Å². The molecule has 0 aromatic heterocycles. The molecule has 2 aromatic rings. The number of hydrogen-bond donors (Lipinski definition) is 2. The summed E-state index contributed by atoms with van der Waals surface area (Å²) in [5.74, 6) is -0.0547. The Balaban J connectivity index is 0.00000392. The van der Waals surface area contributed by atoms with Gasteiger partial charge in [-0.05, 0) is 48.4 Å². The van der Waals surface area contributed by atoms with Crippen molar-refractivity contribution >= 4 is 29.7 Å². The van der Waals surface area contributed by atoms with Crippen LogP contribution in [0.3, 0.4) is 0 Å². The lowest BCUT2D eigenvalue weighted by molar-refractivity contribution is -0.0498. The van der Waals surface area contributed by atoms with Crippen molar-refractivity contribution in [1.82, 2.24) is 4.90 Å². The molecule has 0 heterocycles. The molecule has 8 heteroatoms. The van der Waals surface area contributed by atoms with E-state index in [1.807, 2.05) is 19.9 Å². The maximum absolute atomic E-state index is 12.9. The molecule has 0 bridgehead atoms. The van der Waals surface area contributed by atoms with Gasteiger partial charge in [0.15, 0.2) is 0 Å². The molecule has 154 valence electrons. The average molecular weight is 414 g/mol. The number of amides is 1. The van der Waals surface area contributed by atoms with Crippen LogP contribution in [0, 0.1) is 5.41 Å². The number of para-hydroxylation sites is 1. The van der Waals surface area contributed by atoms with Gasteiger partial charge in [0.1, 0.15) is 5.75 Å². The molecule has 0 saturated carbocycles. The molecule has 3 N–H and O–H groups in total. The summed E-state index contributed by atoms with van der Waals surface area (Å²) >= 11 is 0. The fourth-order valence-corrected chi connectivity index (χ4v) is 2.64. The molecule has 0 spiro atoms. The molecule has 2 aromatic carbocycles. The van der Waals surface area contributed by atoms with E-state index in [1.165, 1.54) is 12.1 Å². The summed E-state index contributed by atoms with van der Waals surface area (Å²) < 4.78 is 28.8. The van der Waals surface area contributed by atoms with Gasteiger partial charge in [-0.2, -0.15) is 8.78 Å². The molecule has 0 fully saturated rings. The number of nitrogens with one attached hydrogen (secondary N) is 1. The van der Waals surface area contributed by atoms with E-state index in [0.717, 1.165) is 0 Å². The minimum Gasteiger partial charge on any atom is -0.435 e. The van der Waals surface area contributed by atoms with Crippen molar-refractivity contribution in [2.45, 2.75) is 20.5 Å². The van der Waals surface area contributed by atoms with Gasteiger partial charge in [0.2, 0.25) is 0 Å². The lowest BCUT2D eigenvalue weighted by Gasteiger charge is -2.29. The third-order valence-corrected chi connectivity index (χ3v) is 4.08. The van der Waals surface area contributed by atoms with Crippen LogP contribution in [0.1, 0.15) is 24.2 Å². The van der Waals surface area contributed by atoms with Gasteiger partial charge in [-0.15, -0.1) is 12.4 Å². The van der Waals surface area contributed by atoms with Crippen LogP contribution < -0.4 is 15.8 Å². The zero-order chi connectivity index (χ0) is 20.0. The summed E-state index contributed by atoms with van der Waals surface area (Å²) in [6.07, 6.45) is 0. The first-order valence-electron chi connectivity index (χ1n) is 8.58. The van der Waals surface area contributed by atoms with E-state index in [1.54, 1.807) is 42.3 Å². The van der Waals surface area contributed by atoms with Gasteiger partial charge in [-0.25, -0.2) is 0 Å². The highest BCUT2D eigenvalue weighted by Gasteiger charge is 2.23. The van der Waals surface area contributed by atoms with Gasteiger partial charge in [0.25, 0.3) is 5.91 Å². The highest BCUT2D eigenvalue weighted by atomic mass is 35.5. The monoisotopic (exact) mass is 413 g/mol. The number of carbonyl (C=O) groups excluding carboxylic acids is 1. The van der Waals surface area contributed by atoms with Crippen LogP contribution in [-0.4, -0.2) is 37.6 Å². The summed E-state index contributed by atoms with van der Waals surface area (Å²) in [7, 11) is 1.74. The molecule has 0 aliphatic rings. The maximum atomic E-state index is 12.9. The van der Waals surface area contributed by atoms with E-state index < -0.39 is 6.61 Å². The van der Waals surface area contributed by atoms with E-state index in [4.69, 9.17) is 5.73 Å². The third-order valence-electron chi connectivity index (χ3n) is 4.08. The van der Waals surface area contributed by atoms with E-state index in [2.05, 4.69) is 10.1 Å². The van der Waals surface area contributed by atoms with Gasteiger partial charge in [-0.1, -0.05) is 26.0 Å². The first-order chi connectivity index (χ1) is 12.7. The van der Waals surface area contributed by atoms with E-state index in [0.29, 0.717) is 30.0 Å². The molecule has 5 nitrogen and oxygen atoms in total. The number of carbonyl (C=O) groups is 1. The SMILES string of the molecule is CN(CC(C)(C)CN)C(=O)c1ccccc1Nc1ccc(OC(F)F)cc1.Cl. The second kappa shape index (κ2) is 10.2. The van der Waals surface area contributed by atoms with Crippen molar-refractivity contribution in [2.24, 2.45) is 11.1 Å². The maximum Gasteiger partial charge on any atom is 0.387 e. The molecule has 0 saturated heterocycles. The minimum absolute atomic E-state index is 0. The summed E-state index contributed by atoms with van der Waals surface area (Å²) in [6, 6.07) is 13.2. The number of benzene rings is 2. The standard InChI is InChI=1S/C20H25F2N3O2.ClH/c1-20(2,12-23)13-25(3)18(26)16-6-4-5-7-17(16)24-14-8-10-15(11-9-14)27-19(21)22;/h4-11,19,24H,12-13,23H2,1-3H3;1H. The van der Waals surface area contributed by atoms with Gasteiger partial charge in [0, 0.05) is 19.3 Å². The van der Waals surface area contributed by atoms with Crippen molar-refractivity contribution in [3.05, 3.63) is 54.1 Å². The molecular weight excluding hydrogens is 388 g/mol. The number of ether oxygens (including phenoxy) is 1. The zero-order valence-electron chi connectivity index (χ0n) is 16.1. The molecule has 0 aliphatic heterocycles. The van der Waals surface area contributed by atoms with Gasteiger partial charge < -0.3 is 20.7 Å². The van der Waals surface area contributed by atoms with Crippen LogP contribution in [0.25, 0.3) is 0 Å². The molecule has 0 atom stereocenters. The molecule has 2 rings (SSSR count). The summed E-state index contributed by atoms with van der Waals surface area (Å²) in [5, 5.41) is 3.15. The highest BCUT2D eigenvalue weighted by Crippen LogP contribution is 2.25. The second-order valence-corrected chi connectivity index (χ2v) is 7.10. The second-order valence-electron chi connectivity index (χ2n) is 7.10. The van der Waals surface area contributed by atoms with Crippen LogP contribution in [0.5, 0.6) is 5.75 Å². The van der Waals surface area contributed by atoms with Gasteiger partial charge >= 0.3 is 6.61 Å². The molecular formula is C20H26ClF2N3O2. The predicted octanol–water partition coefficient (Wildman–Crippen LogP) is 4.51. The lowest BCUT2D eigenvalue weighted by atomic mass is 9.93.